The van der Waals surface area contributed by atoms with Gasteiger partial charge in [0.25, 0.3) is 0 Å². The van der Waals surface area contributed by atoms with Crippen LogP contribution in [-0.2, 0) is 12.8 Å². The van der Waals surface area contributed by atoms with E-state index in [1.165, 1.54) is 0 Å². The van der Waals surface area contributed by atoms with E-state index < -0.39 is 0 Å². The van der Waals surface area contributed by atoms with Crippen LogP contribution >= 0.6 is 23.2 Å². The zero-order valence-corrected chi connectivity index (χ0v) is 10.5. The molecule has 0 amide bonds. The second-order valence-electron chi connectivity index (χ2n) is 3.54. The number of hydrogen-bond acceptors (Lipinski definition) is 1. The van der Waals surface area contributed by atoms with E-state index in [1.807, 2.05) is 13.8 Å². The maximum absolute atomic E-state index is 11.7. The molecule has 2 nitrogen and oxygen atoms in total. The molecule has 1 aromatic rings. The summed E-state index contributed by atoms with van der Waals surface area (Å²) < 4.78 is 0. The molecule has 4 heteroatoms. The molecule has 1 heterocycles. The number of aryl methyl sites for hydroxylation is 2. The lowest BCUT2D eigenvalue weighted by Gasteiger charge is -2.08. The third-order valence-electron chi connectivity index (χ3n) is 2.23. The summed E-state index contributed by atoms with van der Waals surface area (Å²) in [5.74, 6) is 0. The standard InChI is InChI=1S/C11H15Cl2NO/c1-3-5-7-9(12)11(15)10(13)8(14-7)6-4-2/h3-6H2,1-2H3,(H,14,15). The van der Waals surface area contributed by atoms with Crippen LogP contribution < -0.4 is 5.43 Å². The number of rotatable bonds is 4. The van der Waals surface area contributed by atoms with Gasteiger partial charge in [0.1, 0.15) is 10.0 Å². The molecule has 0 saturated heterocycles. The summed E-state index contributed by atoms with van der Waals surface area (Å²) in [4.78, 5) is 14.8. The molecule has 0 aliphatic carbocycles. The van der Waals surface area contributed by atoms with Crippen LogP contribution in [0.3, 0.4) is 0 Å². The predicted molar refractivity (Wildman–Crippen MR) is 65.1 cm³/mol. The highest BCUT2D eigenvalue weighted by Gasteiger charge is 2.12. The van der Waals surface area contributed by atoms with E-state index in [9.17, 15) is 4.79 Å². The summed E-state index contributed by atoms with van der Waals surface area (Å²) in [6.07, 6.45) is 3.45. The largest absolute Gasteiger partial charge is 0.360 e. The summed E-state index contributed by atoms with van der Waals surface area (Å²) in [5.41, 5.74) is 1.36. The summed E-state index contributed by atoms with van der Waals surface area (Å²) >= 11 is 11.8. The van der Waals surface area contributed by atoms with Crippen molar-refractivity contribution in [2.45, 2.75) is 39.5 Å². The molecular formula is C11H15Cl2NO. The first-order chi connectivity index (χ1) is 7.11. The lowest BCUT2D eigenvalue weighted by Crippen LogP contribution is -2.12. The highest BCUT2D eigenvalue weighted by molar-refractivity contribution is 6.35. The van der Waals surface area contributed by atoms with Crippen LogP contribution in [0.4, 0.5) is 0 Å². The Balaban J connectivity index is 3.25. The quantitative estimate of drug-likeness (QED) is 0.867. The molecule has 0 atom stereocenters. The smallest absolute Gasteiger partial charge is 0.219 e. The molecule has 0 aromatic carbocycles. The van der Waals surface area contributed by atoms with Crippen LogP contribution in [0.25, 0.3) is 0 Å². The molecule has 0 bridgehead atoms. The molecule has 0 spiro atoms. The van der Waals surface area contributed by atoms with Crippen LogP contribution in [0.5, 0.6) is 0 Å². The molecular weight excluding hydrogens is 233 g/mol. The topological polar surface area (TPSA) is 32.9 Å². The Morgan fingerprint density at radius 2 is 1.40 bits per heavy atom. The van der Waals surface area contributed by atoms with E-state index in [1.54, 1.807) is 0 Å². The van der Waals surface area contributed by atoms with Crippen molar-refractivity contribution in [1.29, 1.82) is 0 Å². The lowest BCUT2D eigenvalue weighted by atomic mass is 10.1. The molecule has 0 radical (unpaired) electrons. The van der Waals surface area contributed by atoms with Gasteiger partial charge in [-0.3, -0.25) is 4.79 Å². The number of aromatic amines is 1. The minimum Gasteiger partial charge on any atom is -0.360 e. The molecule has 1 rings (SSSR count). The van der Waals surface area contributed by atoms with E-state index in [-0.39, 0.29) is 15.5 Å². The molecule has 1 N–H and O–H groups in total. The fraction of sp³-hybridized carbons (Fsp3) is 0.545. The summed E-state index contributed by atoms with van der Waals surface area (Å²) in [7, 11) is 0. The van der Waals surface area contributed by atoms with Crippen LogP contribution in [0.1, 0.15) is 38.1 Å². The SMILES string of the molecule is CCCc1[nH]c(CCC)c(Cl)c(=O)c1Cl. The number of pyridine rings is 1. The monoisotopic (exact) mass is 247 g/mol. The first-order valence-corrected chi connectivity index (χ1v) is 5.96. The van der Waals surface area contributed by atoms with Crippen molar-refractivity contribution in [1.82, 2.24) is 4.98 Å². The van der Waals surface area contributed by atoms with Gasteiger partial charge in [0.15, 0.2) is 0 Å². The number of halogens is 2. The van der Waals surface area contributed by atoms with Gasteiger partial charge in [0, 0.05) is 11.4 Å². The third kappa shape index (κ3) is 2.76. The van der Waals surface area contributed by atoms with Crippen molar-refractivity contribution in [3.8, 4) is 0 Å². The van der Waals surface area contributed by atoms with Crippen LogP contribution in [0.15, 0.2) is 4.79 Å². The van der Waals surface area contributed by atoms with Gasteiger partial charge in [-0.15, -0.1) is 0 Å². The molecule has 15 heavy (non-hydrogen) atoms. The van der Waals surface area contributed by atoms with Gasteiger partial charge < -0.3 is 4.98 Å². The van der Waals surface area contributed by atoms with E-state index in [2.05, 4.69) is 4.98 Å². The highest BCUT2D eigenvalue weighted by atomic mass is 35.5. The van der Waals surface area contributed by atoms with Crippen LogP contribution in [0.2, 0.25) is 10.0 Å². The Hall–Kier alpha value is -0.470. The maximum atomic E-state index is 11.7. The summed E-state index contributed by atoms with van der Waals surface area (Å²) in [5, 5.41) is 0.475. The Bertz CT molecular complexity index is 365. The van der Waals surface area contributed by atoms with Crippen LogP contribution in [0, 0.1) is 0 Å². The second-order valence-corrected chi connectivity index (χ2v) is 4.30. The third-order valence-corrected chi connectivity index (χ3v) is 3.03. The fourth-order valence-electron chi connectivity index (χ4n) is 1.51. The van der Waals surface area contributed by atoms with Crippen molar-refractivity contribution < 1.29 is 0 Å². The molecule has 0 aliphatic rings. The first kappa shape index (κ1) is 12.6. The summed E-state index contributed by atoms with van der Waals surface area (Å²) in [6, 6.07) is 0. The van der Waals surface area contributed by atoms with Crippen molar-refractivity contribution >= 4 is 23.2 Å². The minimum atomic E-state index is -0.246. The number of nitrogens with one attached hydrogen (secondary N) is 1. The van der Waals surface area contributed by atoms with Crippen molar-refractivity contribution in [3.05, 3.63) is 31.7 Å². The van der Waals surface area contributed by atoms with Gasteiger partial charge in [-0.25, -0.2) is 0 Å². The van der Waals surface area contributed by atoms with Gasteiger partial charge in [-0.2, -0.15) is 0 Å². The lowest BCUT2D eigenvalue weighted by molar-refractivity contribution is 0.828. The maximum Gasteiger partial charge on any atom is 0.219 e. The highest BCUT2D eigenvalue weighted by Crippen LogP contribution is 2.18. The normalized spacial score (nSPS) is 10.7. The van der Waals surface area contributed by atoms with Crippen molar-refractivity contribution in [2.75, 3.05) is 0 Å². The van der Waals surface area contributed by atoms with Crippen molar-refractivity contribution in [3.63, 3.8) is 0 Å². The zero-order valence-electron chi connectivity index (χ0n) is 8.99. The molecule has 1 aromatic heterocycles. The van der Waals surface area contributed by atoms with E-state index in [0.29, 0.717) is 0 Å². The first-order valence-electron chi connectivity index (χ1n) is 5.20. The van der Waals surface area contributed by atoms with Crippen LogP contribution in [-0.4, -0.2) is 4.98 Å². The Kier molecular flexibility index (Phi) is 4.68. The Morgan fingerprint density at radius 3 is 1.73 bits per heavy atom. The zero-order chi connectivity index (χ0) is 11.4. The van der Waals surface area contributed by atoms with Gasteiger partial charge >= 0.3 is 0 Å². The number of aromatic nitrogens is 1. The van der Waals surface area contributed by atoms with Gasteiger partial charge in [-0.1, -0.05) is 49.9 Å². The molecule has 0 fully saturated rings. The Morgan fingerprint density at radius 1 is 1.00 bits per heavy atom. The van der Waals surface area contributed by atoms with Crippen molar-refractivity contribution in [2.24, 2.45) is 0 Å². The molecule has 0 saturated carbocycles. The minimum absolute atomic E-state index is 0.238. The molecule has 0 unspecified atom stereocenters. The van der Waals surface area contributed by atoms with Gasteiger partial charge in [0.05, 0.1) is 0 Å². The summed E-state index contributed by atoms with van der Waals surface area (Å²) in [6.45, 7) is 4.09. The number of hydrogen-bond donors (Lipinski definition) is 1. The van der Waals surface area contributed by atoms with Gasteiger partial charge in [-0.05, 0) is 12.8 Å². The Labute approximate surface area is 99.6 Å². The second kappa shape index (κ2) is 5.57. The van der Waals surface area contributed by atoms with E-state index >= 15 is 0 Å². The molecule has 84 valence electrons. The van der Waals surface area contributed by atoms with E-state index in [0.717, 1.165) is 37.1 Å². The average Bonchev–Trinajstić information content (AvgIpc) is 2.22. The average molecular weight is 248 g/mol. The van der Waals surface area contributed by atoms with Gasteiger partial charge in [0.2, 0.25) is 5.43 Å². The fourth-order valence-corrected chi connectivity index (χ4v) is 2.03. The number of H-pyrrole nitrogens is 1. The predicted octanol–water partition coefficient (Wildman–Crippen LogP) is 3.59. The van der Waals surface area contributed by atoms with E-state index in [4.69, 9.17) is 23.2 Å². The molecule has 0 aliphatic heterocycles.